The number of hydrogen-bond acceptors (Lipinski definition) is 3. The second-order valence-electron chi connectivity index (χ2n) is 4.84. The first-order valence-corrected chi connectivity index (χ1v) is 8.88. The zero-order valence-corrected chi connectivity index (χ0v) is 14.8. The van der Waals surface area contributed by atoms with Gasteiger partial charge in [-0.2, -0.15) is 4.31 Å². The molecule has 0 aromatic heterocycles. The Morgan fingerprint density at radius 2 is 1.75 bits per heavy atom. The first kappa shape index (κ1) is 18.7. The maximum atomic E-state index is 13.9. The van der Waals surface area contributed by atoms with Gasteiger partial charge in [-0.3, -0.25) is 4.79 Å². The molecule has 0 fully saturated rings. The van der Waals surface area contributed by atoms with E-state index in [1.165, 1.54) is 19.2 Å². The summed E-state index contributed by atoms with van der Waals surface area (Å²) in [5, 5.41) is 2.50. The van der Waals surface area contributed by atoms with Crippen LogP contribution in [-0.4, -0.2) is 32.2 Å². The van der Waals surface area contributed by atoms with E-state index in [1.54, 1.807) is 24.3 Å². The summed E-state index contributed by atoms with van der Waals surface area (Å²) < 4.78 is 39.4. The number of anilines is 1. The molecule has 0 spiro atoms. The van der Waals surface area contributed by atoms with Gasteiger partial charge in [0.2, 0.25) is 15.9 Å². The molecule has 0 aliphatic rings. The lowest BCUT2D eigenvalue weighted by molar-refractivity contribution is -0.116. The minimum atomic E-state index is -4.21. The number of sulfonamides is 1. The van der Waals surface area contributed by atoms with Crippen LogP contribution in [0.3, 0.4) is 0 Å². The lowest BCUT2D eigenvalue weighted by Gasteiger charge is -2.17. The predicted octanol–water partition coefficient (Wildman–Crippen LogP) is 3.39. The van der Waals surface area contributed by atoms with Gasteiger partial charge in [-0.05, 0) is 24.3 Å². The van der Waals surface area contributed by atoms with E-state index in [1.807, 2.05) is 0 Å². The summed E-state index contributed by atoms with van der Waals surface area (Å²) in [5.74, 6) is -1.67. The van der Waals surface area contributed by atoms with E-state index >= 15 is 0 Å². The molecule has 0 unspecified atom stereocenters. The monoisotopic (exact) mass is 390 g/mol. The zero-order chi connectivity index (χ0) is 17.9. The van der Waals surface area contributed by atoms with E-state index < -0.39 is 33.2 Å². The van der Waals surface area contributed by atoms with Crippen LogP contribution < -0.4 is 5.32 Å². The molecule has 0 bridgehead atoms. The number of halogens is 3. The molecule has 24 heavy (non-hydrogen) atoms. The third kappa shape index (κ3) is 4.05. The Balaban J connectivity index is 2.16. The van der Waals surface area contributed by atoms with Crippen LogP contribution in [-0.2, 0) is 14.8 Å². The van der Waals surface area contributed by atoms with Gasteiger partial charge in [0.15, 0.2) is 5.82 Å². The largest absolute Gasteiger partial charge is 0.324 e. The zero-order valence-electron chi connectivity index (χ0n) is 12.5. The molecule has 2 rings (SSSR count). The molecule has 5 nitrogen and oxygen atoms in total. The summed E-state index contributed by atoms with van der Waals surface area (Å²) in [4.78, 5) is 11.4. The van der Waals surface area contributed by atoms with Crippen LogP contribution >= 0.6 is 23.2 Å². The number of carbonyl (C=O) groups excluding carboxylic acids is 1. The first-order valence-electron chi connectivity index (χ1n) is 6.68. The van der Waals surface area contributed by atoms with Crippen molar-refractivity contribution in [3.63, 3.8) is 0 Å². The molecule has 1 N–H and O–H groups in total. The van der Waals surface area contributed by atoms with Gasteiger partial charge < -0.3 is 5.32 Å². The van der Waals surface area contributed by atoms with Crippen LogP contribution in [0.4, 0.5) is 10.1 Å². The van der Waals surface area contributed by atoms with E-state index in [2.05, 4.69) is 5.32 Å². The van der Waals surface area contributed by atoms with Crippen molar-refractivity contribution in [3.05, 3.63) is 58.3 Å². The van der Waals surface area contributed by atoms with Gasteiger partial charge in [-0.1, -0.05) is 41.4 Å². The van der Waals surface area contributed by atoms with E-state index in [0.717, 1.165) is 10.4 Å². The smallest absolute Gasteiger partial charge is 0.246 e. The third-order valence-electron chi connectivity index (χ3n) is 3.12. The van der Waals surface area contributed by atoms with Crippen molar-refractivity contribution in [3.8, 4) is 0 Å². The number of benzene rings is 2. The molecular formula is C15H13Cl2FN2O3S. The van der Waals surface area contributed by atoms with E-state index in [0.29, 0.717) is 10.7 Å². The number of nitrogens with zero attached hydrogens (tertiary/aromatic N) is 1. The van der Waals surface area contributed by atoms with E-state index in [9.17, 15) is 17.6 Å². The molecule has 0 aliphatic carbocycles. The average molecular weight is 391 g/mol. The minimum Gasteiger partial charge on any atom is -0.324 e. The molecule has 0 aliphatic heterocycles. The molecule has 1 amide bonds. The average Bonchev–Trinajstić information content (AvgIpc) is 2.52. The third-order valence-corrected chi connectivity index (χ3v) is 5.56. The standard InChI is InChI=1S/C15H13Cl2FN2O3S/c1-20(9-14(21)19-12-7-3-2-5-10(12)16)24(22,23)13-8-4-6-11(17)15(13)18/h2-8H,9H2,1H3,(H,19,21). The fourth-order valence-electron chi connectivity index (χ4n) is 1.89. The summed E-state index contributed by atoms with van der Waals surface area (Å²) in [7, 11) is -3.04. The van der Waals surface area contributed by atoms with Crippen molar-refractivity contribution >= 4 is 44.8 Å². The Bertz CT molecular complexity index is 875. The summed E-state index contributed by atoms with van der Waals surface area (Å²) in [6.45, 7) is -0.514. The Labute approximate surface area is 149 Å². The van der Waals surface area contributed by atoms with Crippen molar-refractivity contribution in [1.29, 1.82) is 0 Å². The minimum absolute atomic E-state index is 0.315. The molecule has 2 aromatic rings. The molecule has 0 radical (unpaired) electrons. The van der Waals surface area contributed by atoms with Crippen LogP contribution in [0.5, 0.6) is 0 Å². The second-order valence-corrected chi connectivity index (χ2v) is 7.67. The summed E-state index contributed by atoms with van der Waals surface area (Å²) in [5.41, 5.74) is 0.351. The predicted molar refractivity (Wildman–Crippen MR) is 91.3 cm³/mol. The SMILES string of the molecule is CN(CC(=O)Nc1ccccc1Cl)S(=O)(=O)c1cccc(Cl)c1F. The van der Waals surface area contributed by atoms with Gasteiger partial charge >= 0.3 is 0 Å². The van der Waals surface area contributed by atoms with E-state index in [4.69, 9.17) is 23.2 Å². The van der Waals surface area contributed by atoms with Crippen LogP contribution in [0.1, 0.15) is 0 Å². The maximum Gasteiger partial charge on any atom is 0.246 e. The Morgan fingerprint density at radius 3 is 2.42 bits per heavy atom. The number of rotatable bonds is 5. The fraction of sp³-hybridized carbons (Fsp3) is 0.133. The van der Waals surface area contributed by atoms with Crippen molar-refractivity contribution in [2.75, 3.05) is 18.9 Å². The Morgan fingerprint density at radius 1 is 1.12 bits per heavy atom. The van der Waals surface area contributed by atoms with Crippen LogP contribution in [0.15, 0.2) is 47.4 Å². The molecule has 2 aromatic carbocycles. The van der Waals surface area contributed by atoms with Crippen LogP contribution in [0.25, 0.3) is 0 Å². The highest BCUT2D eigenvalue weighted by Crippen LogP contribution is 2.24. The van der Waals surface area contributed by atoms with Crippen molar-refractivity contribution < 1.29 is 17.6 Å². The highest BCUT2D eigenvalue weighted by Gasteiger charge is 2.27. The number of likely N-dealkylation sites (N-methyl/N-ethyl adjacent to an activating group) is 1. The quantitative estimate of drug-likeness (QED) is 0.850. The normalized spacial score (nSPS) is 11.5. The molecule has 9 heteroatoms. The number of nitrogens with one attached hydrogen (secondary N) is 1. The summed E-state index contributed by atoms with van der Waals surface area (Å²) in [6.07, 6.45) is 0. The van der Waals surface area contributed by atoms with Gasteiger partial charge in [-0.15, -0.1) is 0 Å². The van der Waals surface area contributed by atoms with Crippen LogP contribution in [0, 0.1) is 5.82 Å². The summed E-state index contributed by atoms with van der Waals surface area (Å²) in [6, 6.07) is 10.2. The Kier molecular flexibility index (Phi) is 5.82. The fourth-order valence-corrected chi connectivity index (χ4v) is 3.51. The van der Waals surface area contributed by atoms with Crippen molar-refractivity contribution in [2.24, 2.45) is 0 Å². The molecule has 0 saturated carbocycles. The lowest BCUT2D eigenvalue weighted by Crippen LogP contribution is -2.35. The van der Waals surface area contributed by atoms with Gasteiger partial charge in [0, 0.05) is 7.05 Å². The Hall–Kier alpha value is -1.67. The number of amides is 1. The van der Waals surface area contributed by atoms with Crippen molar-refractivity contribution in [2.45, 2.75) is 4.90 Å². The molecule has 0 heterocycles. The van der Waals surface area contributed by atoms with Gasteiger partial charge in [-0.25, -0.2) is 12.8 Å². The molecule has 128 valence electrons. The number of carbonyl (C=O) groups is 1. The molecule has 0 saturated heterocycles. The highest BCUT2D eigenvalue weighted by atomic mass is 35.5. The second kappa shape index (κ2) is 7.48. The van der Waals surface area contributed by atoms with E-state index in [-0.39, 0.29) is 5.02 Å². The number of para-hydroxylation sites is 1. The van der Waals surface area contributed by atoms with Crippen molar-refractivity contribution in [1.82, 2.24) is 4.31 Å². The van der Waals surface area contributed by atoms with Gasteiger partial charge in [0.25, 0.3) is 0 Å². The van der Waals surface area contributed by atoms with Gasteiger partial charge in [0.1, 0.15) is 4.90 Å². The lowest BCUT2D eigenvalue weighted by atomic mass is 10.3. The molecular weight excluding hydrogens is 378 g/mol. The summed E-state index contributed by atoms with van der Waals surface area (Å²) >= 11 is 11.5. The first-order chi connectivity index (χ1) is 11.2. The molecule has 0 atom stereocenters. The van der Waals surface area contributed by atoms with Gasteiger partial charge in [0.05, 0.1) is 22.3 Å². The number of hydrogen-bond donors (Lipinski definition) is 1. The highest BCUT2D eigenvalue weighted by molar-refractivity contribution is 7.89. The maximum absolute atomic E-state index is 13.9. The van der Waals surface area contributed by atoms with Crippen LogP contribution in [0.2, 0.25) is 10.0 Å². The topological polar surface area (TPSA) is 66.5 Å².